The lowest BCUT2D eigenvalue weighted by molar-refractivity contribution is 1.19. The van der Waals surface area contributed by atoms with Gasteiger partial charge in [0.2, 0.25) is 0 Å². The van der Waals surface area contributed by atoms with E-state index in [1.165, 1.54) is 71.2 Å². The molecule has 0 aliphatic carbocycles. The summed E-state index contributed by atoms with van der Waals surface area (Å²) in [6, 6.07) is 45.8. The molecule has 2 aromatic heterocycles. The van der Waals surface area contributed by atoms with Gasteiger partial charge in [-0.1, -0.05) is 103 Å². The number of aromatic amines is 1. The maximum Gasteiger partial charge on any atom is 0.0627 e. The third-order valence-electron chi connectivity index (χ3n) is 7.51. The minimum Gasteiger partial charge on any atom is -0.354 e. The van der Waals surface area contributed by atoms with E-state index in [1.807, 2.05) is 0 Å². The molecule has 8 rings (SSSR count). The van der Waals surface area contributed by atoms with Crippen LogP contribution in [0, 0.1) is 0 Å². The summed E-state index contributed by atoms with van der Waals surface area (Å²) in [6.07, 6.45) is 0. The lowest BCUT2D eigenvalue weighted by Crippen LogP contribution is -1.94. The fourth-order valence-electron chi connectivity index (χ4n) is 5.96. The molecular formula is C34H22N2. The van der Waals surface area contributed by atoms with E-state index in [0.717, 1.165) is 0 Å². The molecule has 0 unspecified atom stereocenters. The van der Waals surface area contributed by atoms with Crippen molar-refractivity contribution < 1.29 is 0 Å². The number of hydrogen-bond donors (Lipinski definition) is 1. The molecule has 0 atom stereocenters. The second-order valence-corrected chi connectivity index (χ2v) is 9.46. The zero-order valence-electron chi connectivity index (χ0n) is 19.6. The molecule has 6 aromatic carbocycles. The maximum atomic E-state index is 3.74. The highest BCUT2D eigenvalue weighted by atomic mass is 15.0. The van der Waals surface area contributed by atoms with E-state index in [9.17, 15) is 0 Å². The summed E-state index contributed by atoms with van der Waals surface area (Å²) in [4.78, 5) is 3.74. The highest BCUT2D eigenvalue weighted by Gasteiger charge is 2.21. The van der Waals surface area contributed by atoms with Crippen LogP contribution in [0.2, 0.25) is 0 Å². The molecule has 2 nitrogen and oxygen atoms in total. The molecule has 0 spiro atoms. The van der Waals surface area contributed by atoms with Gasteiger partial charge >= 0.3 is 0 Å². The van der Waals surface area contributed by atoms with E-state index in [-0.39, 0.29) is 0 Å². The van der Waals surface area contributed by atoms with Crippen molar-refractivity contribution >= 4 is 54.4 Å². The monoisotopic (exact) mass is 458 g/mol. The van der Waals surface area contributed by atoms with Crippen LogP contribution in [0.1, 0.15) is 0 Å². The van der Waals surface area contributed by atoms with Crippen molar-refractivity contribution in [1.82, 2.24) is 9.55 Å². The molecule has 0 aliphatic heterocycles. The first-order valence-electron chi connectivity index (χ1n) is 12.4. The number of benzene rings is 6. The van der Waals surface area contributed by atoms with Gasteiger partial charge in [-0.2, -0.15) is 0 Å². The number of para-hydroxylation sites is 2. The van der Waals surface area contributed by atoms with Gasteiger partial charge in [0.25, 0.3) is 0 Å². The van der Waals surface area contributed by atoms with E-state index in [4.69, 9.17) is 0 Å². The molecule has 168 valence electrons. The minimum atomic E-state index is 1.17. The molecule has 0 fully saturated rings. The molecule has 0 saturated heterocycles. The molecule has 2 heterocycles. The Hall–Kier alpha value is -4.82. The fourth-order valence-corrected chi connectivity index (χ4v) is 5.96. The van der Waals surface area contributed by atoms with Gasteiger partial charge in [-0.05, 0) is 35.4 Å². The van der Waals surface area contributed by atoms with Crippen molar-refractivity contribution in [3.8, 4) is 16.8 Å². The normalized spacial score (nSPS) is 11.9. The lowest BCUT2D eigenvalue weighted by Gasteiger charge is -2.12. The molecule has 2 heteroatoms. The van der Waals surface area contributed by atoms with Crippen LogP contribution in [-0.2, 0) is 0 Å². The van der Waals surface area contributed by atoms with Crippen molar-refractivity contribution in [2.45, 2.75) is 0 Å². The number of rotatable bonds is 2. The average molecular weight is 459 g/mol. The molecule has 1 N–H and O–H groups in total. The van der Waals surface area contributed by atoms with Crippen LogP contribution in [0.5, 0.6) is 0 Å². The van der Waals surface area contributed by atoms with Crippen LogP contribution in [0.4, 0.5) is 0 Å². The Morgan fingerprint density at radius 1 is 0.444 bits per heavy atom. The first-order valence-corrected chi connectivity index (χ1v) is 12.4. The molecule has 0 aliphatic rings. The van der Waals surface area contributed by atoms with Crippen LogP contribution < -0.4 is 0 Å². The third-order valence-corrected chi connectivity index (χ3v) is 7.51. The highest BCUT2D eigenvalue weighted by molar-refractivity contribution is 6.36. The van der Waals surface area contributed by atoms with E-state index >= 15 is 0 Å². The third kappa shape index (κ3) is 2.61. The van der Waals surface area contributed by atoms with Crippen LogP contribution in [0.15, 0.2) is 127 Å². The van der Waals surface area contributed by atoms with Crippen molar-refractivity contribution in [1.29, 1.82) is 0 Å². The zero-order valence-corrected chi connectivity index (χ0v) is 19.6. The molecule has 0 radical (unpaired) electrons. The predicted molar refractivity (Wildman–Crippen MR) is 153 cm³/mol. The second kappa shape index (κ2) is 7.34. The Balaban J connectivity index is 1.56. The van der Waals surface area contributed by atoms with Gasteiger partial charge in [0.15, 0.2) is 0 Å². The number of hydrogen-bond acceptors (Lipinski definition) is 0. The summed E-state index contributed by atoms with van der Waals surface area (Å²) in [5, 5.41) is 7.67. The number of aromatic nitrogens is 2. The molecule has 36 heavy (non-hydrogen) atoms. The van der Waals surface area contributed by atoms with E-state index < -0.39 is 0 Å². The quantitative estimate of drug-likeness (QED) is 0.266. The Labute approximate surface area is 208 Å². The highest BCUT2D eigenvalue weighted by Crippen LogP contribution is 2.44. The summed E-state index contributed by atoms with van der Waals surface area (Å²) in [7, 11) is 0. The fraction of sp³-hybridized carbons (Fsp3) is 0. The second-order valence-electron chi connectivity index (χ2n) is 9.46. The Morgan fingerprint density at radius 2 is 1.06 bits per heavy atom. The summed E-state index contributed by atoms with van der Waals surface area (Å²) in [6.45, 7) is 0. The predicted octanol–water partition coefficient (Wildman–Crippen LogP) is 9.24. The van der Waals surface area contributed by atoms with Gasteiger partial charge in [-0.25, -0.2) is 0 Å². The Morgan fingerprint density at radius 3 is 1.86 bits per heavy atom. The number of nitrogens with zero attached hydrogens (tertiary/aromatic N) is 1. The molecule has 0 amide bonds. The molecule has 0 saturated carbocycles. The number of nitrogens with one attached hydrogen (secondary N) is 1. The van der Waals surface area contributed by atoms with Gasteiger partial charge in [0.1, 0.15) is 0 Å². The van der Waals surface area contributed by atoms with E-state index in [0.29, 0.717) is 0 Å². The van der Waals surface area contributed by atoms with Gasteiger partial charge in [0.05, 0.1) is 16.6 Å². The molecular weight excluding hydrogens is 436 g/mol. The van der Waals surface area contributed by atoms with Crippen LogP contribution in [-0.4, -0.2) is 9.55 Å². The van der Waals surface area contributed by atoms with E-state index in [2.05, 4.69) is 137 Å². The standard InChI is InChI=1S/C34H22N2/c1-2-10-22(11-3-1)23-18-20-24(21-19-23)36-30-17-9-7-15-28(30)32-31-27-14-6-8-16-29(27)35-33(31)25-12-4-5-13-26(25)34(32)36/h1-21,35H. The van der Waals surface area contributed by atoms with Crippen LogP contribution >= 0.6 is 0 Å². The van der Waals surface area contributed by atoms with Crippen LogP contribution in [0.25, 0.3) is 71.2 Å². The Kier molecular flexibility index (Phi) is 3.97. The summed E-state index contributed by atoms with van der Waals surface area (Å²) in [5.41, 5.74) is 8.50. The zero-order chi connectivity index (χ0) is 23.6. The van der Waals surface area contributed by atoms with Crippen molar-refractivity contribution in [2.75, 3.05) is 0 Å². The summed E-state index contributed by atoms with van der Waals surface area (Å²) >= 11 is 0. The lowest BCUT2D eigenvalue weighted by atomic mass is 9.99. The first kappa shape index (κ1) is 19.5. The SMILES string of the molecule is c1ccc(-c2ccc(-n3c4ccccc4c4c5c6ccccc6[nH]c5c5ccccc5c43)cc2)cc1. The molecule has 0 bridgehead atoms. The summed E-state index contributed by atoms with van der Waals surface area (Å²) in [5.74, 6) is 0. The van der Waals surface area contributed by atoms with E-state index in [1.54, 1.807) is 0 Å². The van der Waals surface area contributed by atoms with Gasteiger partial charge < -0.3 is 9.55 Å². The molecule has 8 aromatic rings. The average Bonchev–Trinajstić information content (AvgIpc) is 3.50. The smallest absolute Gasteiger partial charge is 0.0627 e. The van der Waals surface area contributed by atoms with Crippen molar-refractivity contribution in [3.05, 3.63) is 127 Å². The first-order chi connectivity index (χ1) is 17.9. The van der Waals surface area contributed by atoms with Crippen LogP contribution in [0.3, 0.4) is 0 Å². The van der Waals surface area contributed by atoms with Gasteiger partial charge in [0, 0.05) is 43.5 Å². The number of fused-ring (bicyclic) bond motifs is 10. The maximum absolute atomic E-state index is 3.74. The number of H-pyrrole nitrogens is 1. The Bertz CT molecular complexity index is 2070. The van der Waals surface area contributed by atoms with Gasteiger partial charge in [-0.15, -0.1) is 0 Å². The largest absolute Gasteiger partial charge is 0.354 e. The minimum absolute atomic E-state index is 1.17. The topological polar surface area (TPSA) is 20.7 Å². The summed E-state index contributed by atoms with van der Waals surface area (Å²) < 4.78 is 2.45. The van der Waals surface area contributed by atoms with Crippen molar-refractivity contribution in [2.24, 2.45) is 0 Å². The van der Waals surface area contributed by atoms with Gasteiger partial charge in [-0.3, -0.25) is 0 Å². The van der Waals surface area contributed by atoms with Crippen molar-refractivity contribution in [3.63, 3.8) is 0 Å².